The minimum absolute atomic E-state index is 0.143. The highest BCUT2D eigenvalue weighted by atomic mass is 127. The van der Waals surface area contributed by atoms with Crippen molar-refractivity contribution in [1.29, 1.82) is 0 Å². The first-order valence-corrected chi connectivity index (χ1v) is 18.1. The van der Waals surface area contributed by atoms with Crippen LogP contribution in [0.5, 0.6) is 17.2 Å². The van der Waals surface area contributed by atoms with Crippen LogP contribution in [0.15, 0.2) is 80.1 Å². The van der Waals surface area contributed by atoms with E-state index in [2.05, 4.69) is 48.3 Å². The molecule has 0 bridgehead atoms. The number of fused-ring (bicyclic) bond motifs is 1. The van der Waals surface area contributed by atoms with Gasteiger partial charge in [0.05, 0.1) is 50.2 Å². The molecule has 10 nitrogen and oxygen atoms in total. The molecule has 0 saturated carbocycles. The van der Waals surface area contributed by atoms with Crippen molar-refractivity contribution >= 4 is 79.5 Å². The number of nitrogens with zero attached hydrogens (tertiary/aromatic N) is 2. The first-order valence-electron chi connectivity index (χ1n) is 15.1. The molecule has 0 spiro atoms. The van der Waals surface area contributed by atoms with Crippen LogP contribution in [-0.2, 0) is 25.7 Å². The molecule has 0 radical (unpaired) electrons. The minimum atomic E-state index is -0.873. The zero-order chi connectivity index (χ0) is 35.2. The number of aromatic nitrogens is 1. The maximum atomic E-state index is 14.2. The Labute approximate surface area is 313 Å². The number of halogens is 3. The third-order valence-electron chi connectivity index (χ3n) is 7.29. The normalized spacial score (nSPS) is 14.2. The Balaban J connectivity index is 1.56. The van der Waals surface area contributed by atoms with Crippen molar-refractivity contribution < 1.29 is 33.3 Å². The maximum absolute atomic E-state index is 14.2. The fourth-order valence-electron chi connectivity index (χ4n) is 5.07. The van der Waals surface area contributed by atoms with Crippen molar-refractivity contribution in [2.24, 2.45) is 4.99 Å². The van der Waals surface area contributed by atoms with Crippen molar-refractivity contribution in [2.45, 2.75) is 33.4 Å². The van der Waals surface area contributed by atoms with E-state index in [1.807, 2.05) is 43.3 Å². The van der Waals surface area contributed by atoms with Gasteiger partial charge in [-0.1, -0.05) is 41.1 Å². The molecule has 4 aromatic rings. The van der Waals surface area contributed by atoms with Gasteiger partial charge in [0.1, 0.15) is 12.4 Å². The van der Waals surface area contributed by atoms with Gasteiger partial charge in [0.2, 0.25) is 0 Å². The SMILES string of the molecule is CCOC(=O)C1=C(C)N=c2s/c(=C\c3cc(Br)c(OCc4ccc(Cl)cc4)c(I)c3)c(=O)n2[C@H]1c1ccc(OCC(=O)OC)c(OCC)c1. The highest BCUT2D eigenvalue weighted by molar-refractivity contribution is 14.1. The number of hydrogen-bond donors (Lipinski definition) is 0. The van der Waals surface area contributed by atoms with Gasteiger partial charge in [-0.25, -0.2) is 14.6 Å². The Morgan fingerprint density at radius 3 is 2.47 bits per heavy atom. The Bertz CT molecular complexity index is 2090. The van der Waals surface area contributed by atoms with Gasteiger partial charge in [-0.15, -0.1) is 0 Å². The van der Waals surface area contributed by atoms with Crippen LogP contribution in [0.1, 0.15) is 43.5 Å². The number of methoxy groups -OCH3 is 1. The zero-order valence-corrected chi connectivity index (χ0v) is 32.2. The molecule has 1 aromatic heterocycles. The molecule has 256 valence electrons. The monoisotopic (exact) mass is 880 g/mol. The zero-order valence-electron chi connectivity index (χ0n) is 26.9. The molecule has 0 N–H and O–H groups in total. The molecule has 2 heterocycles. The number of benzene rings is 3. The number of thiazole rings is 1. The van der Waals surface area contributed by atoms with E-state index in [1.54, 1.807) is 38.1 Å². The van der Waals surface area contributed by atoms with E-state index in [0.717, 1.165) is 19.2 Å². The van der Waals surface area contributed by atoms with Crippen molar-refractivity contribution in [3.8, 4) is 17.2 Å². The van der Waals surface area contributed by atoms with Crippen LogP contribution in [-0.4, -0.2) is 43.4 Å². The molecule has 0 saturated heterocycles. The molecule has 0 amide bonds. The summed E-state index contributed by atoms with van der Waals surface area (Å²) in [7, 11) is 1.27. The Kier molecular flexibility index (Phi) is 12.2. The second kappa shape index (κ2) is 16.4. The number of ether oxygens (including phenoxy) is 5. The van der Waals surface area contributed by atoms with E-state index in [4.69, 9.17) is 30.5 Å². The van der Waals surface area contributed by atoms with Gasteiger partial charge in [0.25, 0.3) is 5.56 Å². The standard InChI is InChI=1S/C35H31BrClIN2O8S/c1-5-45-27-16-22(9-12-26(27)47-18-29(41)44-4)31-30(34(43)46-6-2)19(3)39-35-40(31)33(42)28(49-35)15-21-13-24(36)32(25(38)14-21)48-17-20-7-10-23(37)11-8-20/h7-16,31H,5-6,17-18H2,1-4H3/b28-15-/t31-/m0/s1. The van der Waals surface area contributed by atoms with Crippen molar-refractivity contribution in [2.75, 3.05) is 26.9 Å². The van der Waals surface area contributed by atoms with Crippen LogP contribution in [0.4, 0.5) is 0 Å². The Hall–Kier alpha value is -3.66. The van der Waals surface area contributed by atoms with Gasteiger partial charge in [0.15, 0.2) is 22.9 Å². The van der Waals surface area contributed by atoms with E-state index in [9.17, 15) is 14.4 Å². The Morgan fingerprint density at radius 1 is 1.04 bits per heavy atom. The van der Waals surface area contributed by atoms with Gasteiger partial charge < -0.3 is 23.7 Å². The number of rotatable bonds is 12. The summed E-state index contributed by atoms with van der Waals surface area (Å²) in [5.74, 6) is 0.181. The lowest BCUT2D eigenvalue weighted by atomic mass is 9.95. The topological polar surface area (TPSA) is 115 Å². The van der Waals surface area contributed by atoms with Crippen LogP contribution in [0.3, 0.4) is 0 Å². The molecule has 3 aromatic carbocycles. The van der Waals surface area contributed by atoms with E-state index < -0.39 is 18.0 Å². The summed E-state index contributed by atoms with van der Waals surface area (Å²) in [5, 5.41) is 0.656. The third-order valence-corrected chi connectivity index (χ3v) is 9.91. The lowest BCUT2D eigenvalue weighted by Gasteiger charge is -2.25. The quantitative estimate of drug-likeness (QED) is 0.120. The predicted octanol–water partition coefficient (Wildman–Crippen LogP) is 6.35. The fraction of sp³-hybridized carbons (Fsp3) is 0.257. The van der Waals surface area contributed by atoms with Crippen LogP contribution < -0.4 is 29.1 Å². The lowest BCUT2D eigenvalue weighted by molar-refractivity contribution is -0.143. The second-order valence-electron chi connectivity index (χ2n) is 10.5. The molecule has 0 unspecified atom stereocenters. The molecule has 14 heteroatoms. The summed E-state index contributed by atoms with van der Waals surface area (Å²) in [6.07, 6.45) is 1.79. The minimum Gasteiger partial charge on any atom is -0.490 e. The highest BCUT2D eigenvalue weighted by Crippen LogP contribution is 2.37. The van der Waals surface area contributed by atoms with Crippen LogP contribution in [0.25, 0.3) is 6.08 Å². The number of hydrogen-bond acceptors (Lipinski definition) is 10. The first kappa shape index (κ1) is 36.6. The van der Waals surface area contributed by atoms with Gasteiger partial charge >= 0.3 is 11.9 Å². The summed E-state index contributed by atoms with van der Waals surface area (Å²) in [6.45, 7) is 5.73. The van der Waals surface area contributed by atoms with Gasteiger partial charge in [0, 0.05) is 5.02 Å². The average molecular weight is 882 g/mol. The van der Waals surface area contributed by atoms with E-state index in [-0.39, 0.29) is 24.3 Å². The number of esters is 2. The summed E-state index contributed by atoms with van der Waals surface area (Å²) in [5.41, 5.74) is 2.63. The molecular weight excluding hydrogens is 851 g/mol. The Morgan fingerprint density at radius 2 is 1.80 bits per heavy atom. The number of carbonyl (C=O) groups is 2. The van der Waals surface area contributed by atoms with Crippen LogP contribution >= 0.6 is 61.5 Å². The number of allylic oxidation sites excluding steroid dienone is 1. The average Bonchev–Trinajstić information content (AvgIpc) is 3.37. The molecule has 0 fully saturated rings. The molecule has 49 heavy (non-hydrogen) atoms. The largest absolute Gasteiger partial charge is 0.490 e. The molecular formula is C35H31BrClIN2O8S. The third kappa shape index (κ3) is 8.39. The van der Waals surface area contributed by atoms with Crippen molar-refractivity contribution in [3.05, 3.63) is 115 Å². The van der Waals surface area contributed by atoms with E-state index in [1.165, 1.54) is 23.0 Å². The van der Waals surface area contributed by atoms with E-state index in [0.29, 0.717) is 56.1 Å². The van der Waals surface area contributed by atoms with Crippen LogP contribution in [0, 0.1) is 3.57 Å². The van der Waals surface area contributed by atoms with E-state index >= 15 is 0 Å². The van der Waals surface area contributed by atoms with Crippen molar-refractivity contribution in [3.63, 3.8) is 0 Å². The molecule has 1 aliphatic rings. The second-order valence-corrected chi connectivity index (χ2v) is 14.0. The number of carbonyl (C=O) groups excluding carboxylic acids is 2. The smallest absolute Gasteiger partial charge is 0.343 e. The molecule has 0 aliphatic carbocycles. The van der Waals surface area contributed by atoms with Gasteiger partial charge in [-0.2, -0.15) is 0 Å². The fourth-order valence-corrected chi connectivity index (χ4v) is 8.01. The van der Waals surface area contributed by atoms with Gasteiger partial charge in [-0.05, 0) is 118 Å². The van der Waals surface area contributed by atoms with Crippen molar-refractivity contribution in [1.82, 2.24) is 4.57 Å². The summed E-state index contributed by atoms with van der Waals surface area (Å²) in [4.78, 5) is 44.4. The molecule has 5 rings (SSSR count). The molecule has 1 aliphatic heterocycles. The summed E-state index contributed by atoms with van der Waals surface area (Å²) < 4.78 is 31.2. The maximum Gasteiger partial charge on any atom is 0.343 e. The van der Waals surface area contributed by atoms with Gasteiger partial charge in [-0.3, -0.25) is 9.36 Å². The highest BCUT2D eigenvalue weighted by Gasteiger charge is 2.34. The lowest BCUT2D eigenvalue weighted by Crippen LogP contribution is -2.40. The predicted molar refractivity (Wildman–Crippen MR) is 198 cm³/mol. The summed E-state index contributed by atoms with van der Waals surface area (Å²) >= 11 is 13.1. The summed E-state index contributed by atoms with van der Waals surface area (Å²) in [6, 6.07) is 15.4. The van der Waals surface area contributed by atoms with Crippen LogP contribution in [0.2, 0.25) is 5.02 Å². The first-order chi connectivity index (χ1) is 23.5. The molecule has 1 atom stereocenters.